The molecule has 2 aromatic rings. The van der Waals surface area contributed by atoms with E-state index in [0.29, 0.717) is 0 Å². The summed E-state index contributed by atoms with van der Waals surface area (Å²) in [6, 6.07) is 3.65. The van der Waals surface area contributed by atoms with E-state index in [2.05, 4.69) is 14.7 Å². The van der Waals surface area contributed by atoms with Gasteiger partial charge in [-0.3, -0.25) is 10.1 Å². The van der Waals surface area contributed by atoms with Crippen LogP contribution in [0.2, 0.25) is 0 Å². The summed E-state index contributed by atoms with van der Waals surface area (Å²) in [7, 11) is 0. The summed E-state index contributed by atoms with van der Waals surface area (Å²) in [6.07, 6.45) is 1.11. The van der Waals surface area contributed by atoms with Crippen molar-refractivity contribution in [1.29, 1.82) is 0 Å². The molecule has 1 heterocycles. The molecule has 0 unspecified atom stereocenters. The lowest BCUT2D eigenvalue weighted by molar-refractivity contribution is -0.384. The highest BCUT2D eigenvalue weighted by Crippen LogP contribution is 2.29. The first-order valence-electron chi connectivity index (χ1n) is 3.92. The van der Waals surface area contributed by atoms with E-state index in [0.717, 1.165) is 12.5 Å². The Kier molecular flexibility index (Phi) is 2.05. The number of non-ortho nitro benzene ring substituents is 1. The average molecular weight is 207 g/mol. The Bertz CT molecular complexity index is 495. The van der Waals surface area contributed by atoms with Gasteiger partial charge in [-0.25, -0.2) is 0 Å². The summed E-state index contributed by atoms with van der Waals surface area (Å²) in [5.74, 6) is -0.0759. The fourth-order valence-corrected chi connectivity index (χ4v) is 1.11. The molecule has 0 radical (unpaired) electrons. The highest BCUT2D eigenvalue weighted by molar-refractivity contribution is 5.65. The number of phenols is 1. The van der Waals surface area contributed by atoms with Gasteiger partial charge >= 0.3 is 0 Å². The summed E-state index contributed by atoms with van der Waals surface area (Å²) in [5.41, 5.74) is 0.0918. The van der Waals surface area contributed by atoms with Gasteiger partial charge in [0.1, 0.15) is 5.75 Å². The maximum absolute atomic E-state index is 10.4. The highest BCUT2D eigenvalue weighted by Gasteiger charge is 2.13. The van der Waals surface area contributed by atoms with E-state index in [1.165, 1.54) is 12.1 Å². The molecule has 0 bridgehead atoms. The van der Waals surface area contributed by atoms with Crippen LogP contribution in [0.25, 0.3) is 11.4 Å². The van der Waals surface area contributed by atoms with E-state index in [1.807, 2.05) is 0 Å². The molecule has 15 heavy (non-hydrogen) atoms. The second-order valence-electron chi connectivity index (χ2n) is 2.71. The zero-order valence-electron chi connectivity index (χ0n) is 7.32. The van der Waals surface area contributed by atoms with Crippen molar-refractivity contribution in [1.82, 2.24) is 10.1 Å². The molecular formula is C8H5N3O4. The van der Waals surface area contributed by atoms with Gasteiger partial charge in [0.15, 0.2) is 0 Å². The molecule has 1 aromatic heterocycles. The summed E-state index contributed by atoms with van der Waals surface area (Å²) in [4.78, 5) is 13.5. The maximum atomic E-state index is 10.4. The number of phenolic OH excluding ortho intramolecular Hbond substituents is 1. The molecule has 2 rings (SSSR count). The van der Waals surface area contributed by atoms with Crippen molar-refractivity contribution in [2.45, 2.75) is 0 Å². The molecule has 0 fully saturated rings. The van der Waals surface area contributed by atoms with Gasteiger partial charge in [-0.05, 0) is 6.07 Å². The van der Waals surface area contributed by atoms with E-state index in [1.54, 1.807) is 0 Å². The minimum Gasteiger partial charge on any atom is -0.507 e. The van der Waals surface area contributed by atoms with Crippen molar-refractivity contribution in [3.05, 3.63) is 34.7 Å². The monoisotopic (exact) mass is 207 g/mol. The molecule has 1 aromatic carbocycles. The number of aromatic hydroxyl groups is 1. The third kappa shape index (κ3) is 1.62. The molecule has 0 saturated heterocycles. The standard InChI is InChI=1S/C8H5N3O4/c12-7-3-5(11(13)14)1-2-6(7)8-9-4-15-10-8/h1-4,12H. The minimum absolute atomic E-state index is 0.183. The number of hydrogen-bond donors (Lipinski definition) is 1. The highest BCUT2D eigenvalue weighted by atomic mass is 16.6. The third-order valence-corrected chi connectivity index (χ3v) is 1.79. The van der Waals surface area contributed by atoms with Gasteiger partial charge in [0, 0.05) is 6.07 Å². The first-order valence-corrected chi connectivity index (χ1v) is 3.92. The number of nitro groups is 1. The Morgan fingerprint density at radius 2 is 2.27 bits per heavy atom. The van der Waals surface area contributed by atoms with E-state index >= 15 is 0 Å². The minimum atomic E-state index is -0.597. The Labute approximate surface area is 83.1 Å². The molecular weight excluding hydrogens is 202 g/mol. The lowest BCUT2D eigenvalue weighted by Crippen LogP contribution is -1.88. The number of nitrogens with zero attached hydrogens (tertiary/aromatic N) is 3. The van der Waals surface area contributed by atoms with Crippen LogP contribution in [0.4, 0.5) is 5.69 Å². The van der Waals surface area contributed by atoms with Gasteiger partial charge < -0.3 is 9.63 Å². The number of aromatic nitrogens is 2. The van der Waals surface area contributed by atoms with Crippen LogP contribution in [0.3, 0.4) is 0 Å². The molecule has 0 atom stereocenters. The van der Waals surface area contributed by atoms with Crippen molar-refractivity contribution in [2.24, 2.45) is 0 Å². The predicted molar refractivity (Wildman–Crippen MR) is 48.1 cm³/mol. The SMILES string of the molecule is O=[N+]([O-])c1ccc(-c2ncon2)c(O)c1. The van der Waals surface area contributed by atoms with Crippen molar-refractivity contribution in [3.8, 4) is 17.1 Å². The van der Waals surface area contributed by atoms with Gasteiger partial charge in [-0.2, -0.15) is 4.98 Å². The van der Waals surface area contributed by atoms with Gasteiger partial charge in [-0.15, -0.1) is 0 Å². The fourth-order valence-electron chi connectivity index (χ4n) is 1.11. The third-order valence-electron chi connectivity index (χ3n) is 1.79. The fraction of sp³-hybridized carbons (Fsp3) is 0. The van der Waals surface area contributed by atoms with Crippen LogP contribution >= 0.6 is 0 Å². The van der Waals surface area contributed by atoms with Crippen molar-refractivity contribution < 1.29 is 14.6 Å². The Morgan fingerprint density at radius 3 is 2.80 bits per heavy atom. The summed E-state index contributed by atoms with van der Waals surface area (Å²) >= 11 is 0. The zero-order valence-corrected chi connectivity index (χ0v) is 7.32. The molecule has 0 spiro atoms. The number of benzene rings is 1. The molecule has 7 heteroatoms. The van der Waals surface area contributed by atoms with Crippen LogP contribution in [0.15, 0.2) is 29.1 Å². The van der Waals surface area contributed by atoms with Crippen LogP contribution in [0.1, 0.15) is 0 Å². The largest absolute Gasteiger partial charge is 0.507 e. The van der Waals surface area contributed by atoms with E-state index in [4.69, 9.17) is 0 Å². The van der Waals surface area contributed by atoms with Crippen LogP contribution in [-0.2, 0) is 0 Å². The summed E-state index contributed by atoms with van der Waals surface area (Å²) in [6.45, 7) is 0. The second kappa shape index (κ2) is 3.37. The predicted octanol–water partition coefficient (Wildman–Crippen LogP) is 1.35. The average Bonchev–Trinajstić information content (AvgIpc) is 2.70. The lowest BCUT2D eigenvalue weighted by atomic mass is 10.2. The normalized spacial score (nSPS) is 10.1. The molecule has 0 amide bonds. The van der Waals surface area contributed by atoms with Crippen LogP contribution < -0.4 is 0 Å². The number of rotatable bonds is 2. The number of nitro benzene ring substituents is 1. The molecule has 0 aliphatic heterocycles. The van der Waals surface area contributed by atoms with Crippen molar-refractivity contribution >= 4 is 5.69 Å². The summed E-state index contributed by atoms with van der Waals surface area (Å²) in [5, 5.41) is 23.4. The molecule has 0 saturated carbocycles. The molecule has 7 nitrogen and oxygen atoms in total. The van der Waals surface area contributed by atoms with Crippen LogP contribution in [-0.4, -0.2) is 20.2 Å². The summed E-state index contributed by atoms with van der Waals surface area (Å²) < 4.78 is 4.50. The maximum Gasteiger partial charge on any atom is 0.273 e. The quantitative estimate of drug-likeness (QED) is 0.588. The van der Waals surface area contributed by atoms with Gasteiger partial charge in [-0.1, -0.05) is 5.16 Å². The zero-order chi connectivity index (χ0) is 10.8. The first-order chi connectivity index (χ1) is 7.18. The van der Waals surface area contributed by atoms with Crippen molar-refractivity contribution in [3.63, 3.8) is 0 Å². The molecule has 0 aliphatic carbocycles. The van der Waals surface area contributed by atoms with Crippen LogP contribution in [0, 0.1) is 10.1 Å². The topological polar surface area (TPSA) is 102 Å². The van der Waals surface area contributed by atoms with E-state index in [-0.39, 0.29) is 22.8 Å². The Hall–Kier alpha value is -2.44. The lowest BCUT2D eigenvalue weighted by Gasteiger charge is -1.98. The molecule has 1 N–H and O–H groups in total. The van der Waals surface area contributed by atoms with Gasteiger partial charge in [0.25, 0.3) is 5.69 Å². The first kappa shape index (κ1) is 9.13. The Balaban J connectivity index is 2.48. The van der Waals surface area contributed by atoms with Crippen molar-refractivity contribution in [2.75, 3.05) is 0 Å². The second-order valence-corrected chi connectivity index (χ2v) is 2.71. The Morgan fingerprint density at radius 1 is 1.47 bits per heavy atom. The van der Waals surface area contributed by atoms with Crippen LogP contribution in [0.5, 0.6) is 5.75 Å². The molecule has 76 valence electrons. The molecule has 0 aliphatic rings. The van der Waals surface area contributed by atoms with E-state index in [9.17, 15) is 15.2 Å². The number of hydrogen-bond acceptors (Lipinski definition) is 6. The van der Waals surface area contributed by atoms with Gasteiger partial charge in [0.05, 0.1) is 16.6 Å². The van der Waals surface area contributed by atoms with Gasteiger partial charge in [0.2, 0.25) is 12.2 Å². The smallest absolute Gasteiger partial charge is 0.273 e. The van der Waals surface area contributed by atoms with E-state index < -0.39 is 4.92 Å².